The summed E-state index contributed by atoms with van der Waals surface area (Å²) in [5.41, 5.74) is 5.23. The van der Waals surface area contributed by atoms with E-state index in [0.29, 0.717) is 23.2 Å². The first-order valence-corrected chi connectivity index (χ1v) is 8.28. The number of aromatic nitrogens is 3. The first-order chi connectivity index (χ1) is 12.5. The molecule has 9 nitrogen and oxygen atoms in total. The molecule has 0 saturated heterocycles. The van der Waals surface area contributed by atoms with Crippen LogP contribution in [0.2, 0.25) is 0 Å². The molecule has 134 valence electrons. The number of amides is 2. The zero-order valence-corrected chi connectivity index (χ0v) is 15.2. The van der Waals surface area contributed by atoms with E-state index in [1.165, 1.54) is 0 Å². The van der Waals surface area contributed by atoms with Gasteiger partial charge in [-0.1, -0.05) is 17.3 Å². The predicted molar refractivity (Wildman–Crippen MR) is 93.2 cm³/mol. The van der Waals surface area contributed by atoms with Gasteiger partial charge < -0.3 is 14.2 Å². The Labute approximate surface area is 156 Å². The van der Waals surface area contributed by atoms with Gasteiger partial charge in [0.2, 0.25) is 11.7 Å². The summed E-state index contributed by atoms with van der Waals surface area (Å²) in [5, 5.41) is 3.72. The number of hydrogen-bond donors (Lipinski definition) is 3. The van der Waals surface area contributed by atoms with Crippen LogP contribution in [0.3, 0.4) is 0 Å². The maximum absolute atomic E-state index is 12.3. The number of ether oxygens (including phenoxy) is 1. The fraction of sp³-hybridized carbons (Fsp3) is 0.125. The molecule has 0 unspecified atom stereocenters. The summed E-state index contributed by atoms with van der Waals surface area (Å²) in [6, 6.07) is 8.20. The van der Waals surface area contributed by atoms with Crippen LogP contribution in [-0.2, 0) is 6.61 Å². The first-order valence-electron chi connectivity index (χ1n) is 7.48. The Morgan fingerprint density at radius 3 is 2.73 bits per heavy atom. The fourth-order valence-electron chi connectivity index (χ4n) is 2.07. The van der Waals surface area contributed by atoms with Crippen LogP contribution in [0.1, 0.15) is 32.6 Å². The first kappa shape index (κ1) is 17.7. The van der Waals surface area contributed by atoms with Crippen LogP contribution in [0.15, 0.2) is 45.5 Å². The van der Waals surface area contributed by atoms with Gasteiger partial charge in [0.1, 0.15) is 11.4 Å². The Bertz CT molecular complexity index is 936. The quantitative estimate of drug-likeness (QED) is 0.544. The molecular weight excluding hydrogens is 406 g/mol. The molecule has 0 bridgehead atoms. The van der Waals surface area contributed by atoms with E-state index < -0.39 is 11.8 Å². The van der Waals surface area contributed by atoms with Crippen molar-refractivity contribution in [2.24, 2.45) is 0 Å². The minimum Gasteiger partial charge on any atom is -0.485 e. The van der Waals surface area contributed by atoms with Gasteiger partial charge in [-0.3, -0.25) is 20.4 Å². The minimum absolute atomic E-state index is 0.0461. The largest absolute Gasteiger partial charge is 0.485 e. The summed E-state index contributed by atoms with van der Waals surface area (Å²) in [7, 11) is 0. The second-order valence-corrected chi connectivity index (χ2v) is 6.07. The molecule has 0 fully saturated rings. The minimum atomic E-state index is -0.524. The smallest absolute Gasteiger partial charge is 0.286 e. The van der Waals surface area contributed by atoms with E-state index in [0.717, 1.165) is 4.47 Å². The van der Waals surface area contributed by atoms with Crippen LogP contribution in [0.5, 0.6) is 5.75 Å². The highest BCUT2D eigenvalue weighted by atomic mass is 79.9. The average molecular weight is 420 g/mol. The van der Waals surface area contributed by atoms with E-state index in [9.17, 15) is 9.59 Å². The number of rotatable bonds is 5. The predicted octanol–water partition coefficient (Wildman–Crippen LogP) is 2.12. The molecule has 0 atom stereocenters. The Balaban J connectivity index is 1.62. The summed E-state index contributed by atoms with van der Waals surface area (Å²) in [4.78, 5) is 31.1. The molecule has 0 spiro atoms. The number of para-hydroxylation sites is 1. The average Bonchev–Trinajstić information content (AvgIpc) is 3.26. The standard InChI is InChI=1S/C16H14BrN5O4/c1-9-19-14(22-26-9)8-25-13-5-3-2-4-11(13)15(23)20-21-16(24)12-6-10(17)7-18-12/h2-7,18H,8H2,1H3,(H,20,23)(H,21,24). The third-order valence-electron chi connectivity index (χ3n) is 3.24. The maximum atomic E-state index is 12.3. The topological polar surface area (TPSA) is 122 Å². The third kappa shape index (κ3) is 4.28. The van der Waals surface area contributed by atoms with Gasteiger partial charge in [0.25, 0.3) is 11.8 Å². The number of hydrazine groups is 1. The van der Waals surface area contributed by atoms with Gasteiger partial charge in [-0.15, -0.1) is 0 Å². The van der Waals surface area contributed by atoms with Crippen LogP contribution in [0.25, 0.3) is 0 Å². The number of carbonyl (C=O) groups is 2. The van der Waals surface area contributed by atoms with Crippen molar-refractivity contribution in [2.45, 2.75) is 13.5 Å². The van der Waals surface area contributed by atoms with Gasteiger partial charge in [0.05, 0.1) is 5.56 Å². The molecule has 0 saturated carbocycles. The highest BCUT2D eigenvalue weighted by Gasteiger charge is 2.15. The van der Waals surface area contributed by atoms with Gasteiger partial charge in [0, 0.05) is 17.6 Å². The maximum Gasteiger partial charge on any atom is 0.286 e. The number of hydrogen-bond acceptors (Lipinski definition) is 6. The van der Waals surface area contributed by atoms with Crippen molar-refractivity contribution in [3.63, 3.8) is 0 Å². The zero-order valence-electron chi connectivity index (χ0n) is 13.6. The highest BCUT2D eigenvalue weighted by Crippen LogP contribution is 2.19. The van der Waals surface area contributed by atoms with Crippen molar-refractivity contribution in [3.8, 4) is 5.75 Å². The lowest BCUT2D eigenvalue weighted by molar-refractivity contribution is 0.0841. The number of nitrogens with zero attached hydrogens (tertiary/aromatic N) is 2. The second kappa shape index (κ2) is 7.83. The SMILES string of the molecule is Cc1nc(COc2ccccc2C(=O)NNC(=O)c2cc(Br)c[nH]2)no1. The van der Waals surface area contributed by atoms with Crippen molar-refractivity contribution in [2.75, 3.05) is 0 Å². The van der Waals surface area contributed by atoms with E-state index in [2.05, 4.69) is 41.9 Å². The van der Waals surface area contributed by atoms with Gasteiger partial charge in [0.15, 0.2) is 6.61 Å². The number of benzene rings is 1. The summed E-state index contributed by atoms with van der Waals surface area (Å²) >= 11 is 3.23. The molecule has 0 radical (unpaired) electrons. The number of H-pyrrole nitrogens is 1. The number of nitrogens with one attached hydrogen (secondary N) is 3. The monoisotopic (exact) mass is 419 g/mol. The summed E-state index contributed by atoms with van der Waals surface area (Å²) in [6.07, 6.45) is 1.61. The normalized spacial score (nSPS) is 10.4. The molecule has 2 heterocycles. The molecule has 26 heavy (non-hydrogen) atoms. The molecule has 10 heteroatoms. The molecule has 2 amide bonds. The van der Waals surface area contributed by atoms with Crippen LogP contribution >= 0.6 is 15.9 Å². The van der Waals surface area contributed by atoms with Crippen molar-refractivity contribution in [3.05, 3.63) is 64.0 Å². The molecule has 3 rings (SSSR count). The summed E-state index contributed by atoms with van der Waals surface area (Å²) < 4.78 is 11.2. The lowest BCUT2D eigenvalue weighted by Gasteiger charge is -2.11. The molecule has 3 N–H and O–H groups in total. The molecule has 2 aromatic heterocycles. The van der Waals surface area contributed by atoms with E-state index in [4.69, 9.17) is 9.26 Å². The van der Waals surface area contributed by atoms with Crippen LogP contribution in [-0.4, -0.2) is 26.9 Å². The summed E-state index contributed by atoms with van der Waals surface area (Å²) in [6.45, 7) is 1.72. The number of aromatic amines is 1. The van der Waals surface area contributed by atoms with Crippen LogP contribution < -0.4 is 15.6 Å². The van der Waals surface area contributed by atoms with E-state index in [1.807, 2.05) is 0 Å². The fourth-order valence-corrected chi connectivity index (χ4v) is 2.41. The van der Waals surface area contributed by atoms with E-state index in [-0.39, 0.29) is 12.2 Å². The van der Waals surface area contributed by atoms with Gasteiger partial charge in [-0.25, -0.2) is 0 Å². The molecule has 0 aliphatic rings. The Kier molecular flexibility index (Phi) is 5.32. The van der Waals surface area contributed by atoms with Crippen molar-refractivity contribution < 1.29 is 18.8 Å². The number of aryl methyl sites for hydroxylation is 1. The van der Waals surface area contributed by atoms with Crippen LogP contribution in [0, 0.1) is 6.92 Å². The lowest BCUT2D eigenvalue weighted by atomic mass is 10.2. The number of carbonyl (C=O) groups excluding carboxylic acids is 2. The van der Waals surface area contributed by atoms with Crippen molar-refractivity contribution in [1.82, 2.24) is 26.0 Å². The Hall–Kier alpha value is -3.14. The zero-order chi connectivity index (χ0) is 18.5. The lowest BCUT2D eigenvalue weighted by Crippen LogP contribution is -2.41. The third-order valence-corrected chi connectivity index (χ3v) is 3.70. The summed E-state index contributed by atoms with van der Waals surface area (Å²) in [5.74, 6) is 0.106. The van der Waals surface area contributed by atoms with Crippen LogP contribution in [0.4, 0.5) is 0 Å². The Morgan fingerprint density at radius 1 is 1.27 bits per heavy atom. The molecule has 1 aromatic carbocycles. The van der Waals surface area contributed by atoms with E-state index in [1.54, 1.807) is 43.5 Å². The molecule has 0 aliphatic carbocycles. The molecular formula is C16H14BrN5O4. The molecule has 0 aliphatic heterocycles. The van der Waals surface area contributed by atoms with Crippen molar-refractivity contribution in [1.29, 1.82) is 0 Å². The van der Waals surface area contributed by atoms with Gasteiger partial charge >= 0.3 is 0 Å². The van der Waals surface area contributed by atoms with Gasteiger partial charge in [-0.05, 0) is 34.1 Å². The number of halogens is 1. The van der Waals surface area contributed by atoms with E-state index >= 15 is 0 Å². The van der Waals surface area contributed by atoms with Gasteiger partial charge in [-0.2, -0.15) is 4.98 Å². The highest BCUT2D eigenvalue weighted by molar-refractivity contribution is 9.10. The Morgan fingerprint density at radius 2 is 2.04 bits per heavy atom. The molecule has 3 aromatic rings. The van der Waals surface area contributed by atoms with Crippen molar-refractivity contribution >= 4 is 27.7 Å². The second-order valence-electron chi connectivity index (χ2n) is 5.15.